The van der Waals surface area contributed by atoms with Crippen LogP contribution in [0.3, 0.4) is 0 Å². The number of carboxylic acids is 1. The molecule has 0 fully saturated rings. The highest BCUT2D eigenvalue weighted by Crippen LogP contribution is 2.25. The number of thiazole rings is 1. The normalized spacial score (nSPS) is 10.2. The zero-order valence-electron chi connectivity index (χ0n) is 11.0. The van der Waals surface area contributed by atoms with E-state index in [4.69, 9.17) is 5.11 Å². The van der Waals surface area contributed by atoms with Gasteiger partial charge >= 0.3 is 12.0 Å². The van der Waals surface area contributed by atoms with Gasteiger partial charge in [-0.1, -0.05) is 12.1 Å². The third-order valence-electron chi connectivity index (χ3n) is 2.61. The quantitative estimate of drug-likeness (QED) is 0.771. The second-order valence-electron chi connectivity index (χ2n) is 4.18. The molecule has 2 rings (SSSR count). The monoisotopic (exact) mass is 369 g/mol. The molecule has 2 aromatic rings. The zero-order chi connectivity index (χ0) is 15.4. The van der Waals surface area contributed by atoms with Gasteiger partial charge in [0.05, 0.1) is 12.2 Å². The molecule has 1 aromatic heterocycles. The number of halogens is 1. The number of rotatable bonds is 4. The first-order valence-electron chi connectivity index (χ1n) is 5.95. The molecule has 0 saturated heterocycles. The molecule has 1 aromatic carbocycles. The van der Waals surface area contributed by atoms with Crippen LogP contribution in [-0.2, 0) is 6.54 Å². The van der Waals surface area contributed by atoms with Crippen molar-refractivity contribution < 1.29 is 14.7 Å². The Bertz CT molecular complexity index is 687. The molecule has 6 nitrogen and oxygen atoms in total. The predicted octanol–water partition coefficient (Wildman–Crippen LogP) is 3.23. The van der Waals surface area contributed by atoms with Crippen LogP contribution in [0.5, 0.6) is 0 Å². The standard InChI is InChI=1S/C13H12BrN3O3S/c1-7-3-2-4-8(11(7)14)17-13(20)15-5-10-16-9(6-21-10)12(18)19/h2-4,6H,5H2,1H3,(H,18,19)(H2,15,17,20). The summed E-state index contributed by atoms with van der Waals surface area (Å²) in [6.45, 7) is 2.10. The lowest BCUT2D eigenvalue weighted by Crippen LogP contribution is -2.28. The Balaban J connectivity index is 1.92. The molecule has 0 bridgehead atoms. The number of nitrogens with zero attached hydrogens (tertiary/aromatic N) is 1. The van der Waals surface area contributed by atoms with Gasteiger partial charge in [0.2, 0.25) is 0 Å². The smallest absolute Gasteiger partial charge is 0.355 e. The van der Waals surface area contributed by atoms with E-state index < -0.39 is 5.97 Å². The van der Waals surface area contributed by atoms with Gasteiger partial charge in [0.15, 0.2) is 5.69 Å². The Morgan fingerprint density at radius 1 is 1.43 bits per heavy atom. The molecule has 0 unspecified atom stereocenters. The van der Waals surface area contributed by atoms with Gasteiger partial charge in [-0.2, -0.15) is 0 Å². The van der Waals surface area contributed by atoms with E-state index in [1.54, 1.807) is 6.07 Å². The van der Waals surface area contributed by atoms with E-state index in [1.165, 1.54) is 16.7 Å². The third-order valence-corrected chi connectivity index (χ3v) is 4.51. The summed E-state index contributed by atoms with van der Waals surface area (Å²) in [5.41, 5.74) is 1.66. The van der Waals surface area contributed by atoms with E-state index in [2.05, 4.69) is 31.5 Å². The van der Waals surface area contributed by atoms with Crippen LogP contribution in [0, 0.1) is 6.92 Å². The lowest BCUT2D eigenvalue weighted by molar-refractivity contribution is 0.0691. The zero-order valence-corrected chi connectivity index (χ0v) is 13.4. The first kappa shape index (κ1) is 15.5. The number of hydrogen-bond acceptors (Lipinski definition) is 4. The fraction of sp³-hybridized carbons (Fsp3) is 0.154. The average molecular weight is 370 g/mol. The molecular formula is C13H12BrN3O3S. The Hall–Kier alpha value is -1.93. The van der Waals surface area contributed by atoms with Crippen LogP contribution in [0.1, 0.15) is 21.1 Å². The number of aryl methyl sites for hydroxylation is 1. The highest BCUT2D eigenvalue weighted by atomic mass is 79.9. The first-order valence-corrected chi connectivity index (χ1v) is 7.62. The molecule has 0 radical (unpaired) electrons. The SMILES string of the molecule is Cc1cccc(NC(=O)NCc2nc(C(=O)O)cs2)c1Br. The van der Waals surface area contributed by atoms with Crippen molar-refractivity contribution >= 4 is 45.0 Å². The van der Waals surface area contributed by atoms with Gasteiger partial charge in [-0.05, 0) is 34.5 Å². The molecule has 3 N–H and O–H groups in total. The molecule has 0 aliphatic rings. The van der Waals surface area contributed by atoms with Crippen molar-refractivity contribution in [3.8, 4) is 0 Å². The predicted molar refractivity (Wildman–Crippen MR) is 83.8 cm³/mol. The number of urea groups is 1. The molecule has 21 heavy (non-hydrogen) atoms. The van der Waals surface area contributed by atoms with Crippen LogP contribution in [0.4, 0.5) is 10.5 Å². The van der Waals surface area contributed by atoms with Crippen LogP contribution in [0.25, 0.3) is 0 Å². The molecule has 1 heterocycles. The van der Waals surface area contributed by atoms with E-state index in [9.17, 15) is 9.59 Å². The number of anilines is 1. The lowest BCUT2D eigenvalue weighted by Gasteiger charge is -2.09. The van der Waals surface area contributed by atoms with Gasteiger partial charge in [-0.15, -0.1) is 11.3 Å². The number of aromatic carboxylic acids is 1. The summed E-state index contributed by atoms with van der Waals surface area (Å²) in [6.07, 6.45) is 0. The maximum atomic E-state index is 11.8. The fourth-order valence-electron chi connectivity index (χ4n) is 1.56. The Labute approximate surface area is 133 Å². The van der Waals surface area contributed by atoms with Crippen molar-refractivity contribution in [2.45, 2.75) is 13.5 Å². The van der Waals surface area contributed by atoms with Crippen molar-refractivity contribution in [3.05, 3.63) is 44.3 Å². The van der Waals surface area contributed by atoms with Gasteiger partial charge in [0.25, 0.3) is 0 Å². The largest absolute Gasteiger partial charge is 0.476 e. The number of amides is 2. The van der Waals surface area contributed by atoms with E-state index in [-0.39, 0.29) is 18.3 Å². The third kappa shape index (κ3) is 4.02. The minimum atomic E-state index is -1.08. The molecule has 0 aliphatic carbocycles. The number of aromatic nitrogens is 1. The van der Waals surface area contributed by atoms with E-state index in [0.717, 1.165) is 10.0 Å². The van der Waals surface area contributed by atoms with Crippen molar-refractivity contribution in [3.63, 3.8) is 0 Å². The van der Waals surface area contributed by atoms with Crippen molar-refractivity contribution in [2.24, 2.45) is 0 Å². The number of carboxylic acid groups (broad SMARTS) is 1. The number of benzene rings is 1. The highest BCUT2D eigenvalue weighted by molar-refractivity contribution is 9.10. The second kappa shape index (κ2) is 6.68. The molecule has 0 spiro atoms. The summed E-state index contributed by atoms with van der Waals surface area (Å²) in [4.78, 5) is 26.4. The van der Waals surface area contributed by atoms with E-state index >= 15 is 0 Å². The summed E-state index contributed by atoms with van der Waals surface area (Å²) >= 11 is 4.59. The Kier molecular flexibility index (Phi) is 4.92. The molecule has 0 saturated carbocycles. The Morgan fingerprint density at radius 2 is 2.19 bits per heavy atom. The molecule has 2 amide bonds. The van der Waals surface area contributed by atoms with Crippen LogP contribution in [0.15, 0.2) is 28.1 Å². The van der Waals surface area contributed by atoms with Gasteiger partial charge in [0, 0.05) is 9.85 Å². The summed E-state index contributed by atoms with van der Waals surface area (Å²) in [7, 11) is 0. The number of carbonyl (C=O) groups excluding carboxylic acids is 1. The van der Waals surface area contributed by atoms with Crippen LogP contribution in [-0.4, -0.2) is 22.1 Å². The maximum Gasteiger partial charge on any atom is 0.355 e. The van der Waals surface area contributed by atoms with E-state index in [0.29, 0.717) is 10.7 Å². The summed E-state index contributed by atoms with van der Waals surface area (Å²) < 4.78 is 0.822. The van der Waals surface area contributed by atoms with Crippen molar-refractivity contribution in [2.75, 3.05) is 5.32 Å². The topological polar surface area (TPSA) is 91.3 Å². The lowest BCUT2D eigenvalue weighted by atomic mass is 10.2. The molecule has 110 valence electrons. The summed E-state index contributed by atoms with van der Waals surface area (Å²) in [5, 5.41) is 16.1. The van der Waals surface area contributed by atoms with Crippen molar-refractivity contribution in [1.82, 2.24) is 10.3 Å². The fourth-order valence-corrected chi connectivity index (χ4v) is 2.63. The van der Waals surface area contributed by atoms with Crippen molar-refractivity contribution in [1.29, 1.82) is 0 Å². The van der Waals surface area contributed by atoms with Gasteiger partial charge < -0.3 is 15.7 Å². The van der Waals surface area contributed by atoms with E-state index in [1.807, 2.05) is 19.1 Å². The summed E-state index contributed by atoms with van der Waals surface area (Å²) in [6, 6.07) is 5.17. The minimum Gasteiger partial charge on any atom is -0.476 e. The van der Waals surface area contributed by atoms with Gasteiger partial charge in [0.1, 0.15) is 5.01 Å². The van der Waals surface area contributed by atoms with Gasteiger partial charge in [-0.25, -0.2) is 14.6 Å². The number of hydrogen-bond donors (Lipinski definition) is 3. The number of nitrogens with one attached hydrogen (secondary N) is 2. The first-order chi connectivity index (χ1) is 9.97. The molecular weight excluding hydrogens is 358 g/mol. The van der Waals surface area contributed by atoms with Gasteiger partial charge in [-0.3, -0.25) is 0 Å². The molecule has 8 heteroatoms. The molecule has 0 atom stereocenters. The second-order valence-corrected chi connectivity index (χ2v) is 5.91. The average Bonchev–Trinajstić information content (AvgIpc) is 2.91. The summed E-state index contributed by atoms with van der Waals surface area (Å²) in [5.74, 6) is -1.08. The maximum absolute atomic E-state index is 11.8. The van der Waals surface area contributed by atoms with Crippen LogP contribution in [0.2, 0.25) is 0 Å². The minimum absolute atomic E-state index is 0.0152. The molecule has 0 aliphatic heterocycles. The van der Waals surface area contributed by atoms with Crippen LogP contribution < -0.4 is 10.6 Å². The highest BCUT2D eigenvalue weighted by Gasteiger charge is 2.10. The Morgan fingerprint density at radius 3 is 2.86 bits per heavy atom. The van der Waals surface area contributed by atoms with Crippen LogP contribution >= 0.6 is 27.3 Å². The number of carbonyl (C=O) groups is 2.